The lowest BCUT2D eigenvalue weighted by Crippen LogP contribution is -2.42. The largest absolute Gasteiger partial charge is 0.454 e. The molecule has 2 N–H and O–H groups in total. The van der Waals surface area contributed by atoms with Gasteiger partial charge in [0.1, 0.15) is 0 Å². The number of aliphatic imine (C=N–C) groups is 1. The molecule has 1 aliphatic heterocycles. The lowest BCUT2D eigenvalue weighted by molar-refractivity contribution is 0.174. The Bertz CT molecular complexity index is 619. The lowest BCUT2D eigenvalue weighted by Gasteiger charge is -2.19. The van der Waals surface area contributed by atoms with Crippen molar-refractivity contribution in [1.29, 1.82) is 0 Å². The highest BCUT2D eigenvalue weighted by Gasteiger charge is 2.44. The third kappa shape index (κ3) is 3.17. The van der Waals surface area contributed by atoms with E-state index in [1.807, 2.05) is 6.07 Å². The number of hydrogen-bond donors (Lipinski definition) is 2. The highest BCUT2D eigenvalue weighted by atomic mass is 16.7. The van der Waals surface area contributed by atoms with Crippen LogP contribution in [-0.2, 0) is 5.41 Å². The van der Waals surface area contributed by atoms with Crippen molar-refractivity contribution in [3.8, 4) is 11.5 Å². The van der Waals surface area contributed by atoms with Crippen LogP contribution < -0.4 is 20.1 Å². The first-order valence-electron chi connectivity index (χ1n) is 9.24. The number of guanidine groups is 1. The molecule has 1 aromatic carbocycles. The molecule has 0 bridgehead atoms. The Labute approximate surface area is 143 Å². The molecule has 2 aliphatic carbocycles. The first kappa shape index (κ1) is 15.6. The van der Waals surface area contributed by atoms with Gasteiger partial charge >= 0.3 is 0 Å². The van der Waals surface area contributed by atoms with Crippen LogP contribution in [0.4, 0.5) is 0 Å². The van der Waals surface area contributed by atoms with Crippen molar-refractivity contribution in [3.05, 3.63) is 23.8 Å². The van der Waals surface area contributed by atoms with Crippen LogP contribution in [0.3, 0.4) is 0 Å². The van der Waals surface area contributed by atoms with Crippen LogP contribution in [0.1, 0.15) is 51.0 Å². The standard InChI is InChI=1S/C19H27N3O2/c1-2-20-18(22-15-5-3-4-6-15)21-12-19(9-10-19)14-7-8-16-17(11-14)24-13-23-16/h7-8,11,15H,2-6,9-10,12-13H2,1H3,(H2,20,21,22). The van der Waals surface area contributed by atoms with Crippen molar-refractivity contribution < 1.29 is 9.47 Å². The van der Waals surface area contributed by atoms with Gasteiger partial charge in [-0.2, -0.15) is 0 Å². The third-order valence-electron chi connectivity index (χ3n) is 5.42. The van der Waals surface area contributed by atoms with Crippen LogP contribution in [0.5, 0.6) is 11.5 Å². The van der Waals surface area contributed by atoms with Crippen LogP contribution in [0.2, 0.25) is 0 Å². The molecule has 0 atom stereocenters. The van der Waals surface area contributed by atoms with E-state index < -0.39 is 0 Å². The Hall–Kier alpha value is -1.91. The van der Waals surface area contributed by atoms with Crippen molar-refractivity contribution in [2.75, 3.05) is 19.9 Å². The second kappa shape index (κ2) is 6.54. The number of nitrogens with zero attached hydrogens (tertiary/aromatic N) is 1. The van der Waals surface area contributed by atoms with Crippen LogP contribution in [0.15, 0.2) is 23.2 Å². The van der Waals surface area contributed by atoms with Crippen molar-refractivity contribution >= 4 is 5.96 Å². The monoisotopic (exact) mass is 329 g/mol. The molecular weight excluding hydrogens is 302 g/mol. The molecule has 0 spiro atoms. The van der Waals surface area contributed by atoms with Crippen LogP contribution in [0, 0.1) is 0 Å². The van der Waals surface area contributed by atoms with Gasteiger partial charge in [-0.25, -0.2) is 0 Å². The summed E-state index contributed by atoms with van der Waals surface area (Å²) in [4.78, 5) is 4.90. The van der Waals surface area contributed by atoms with Crippen molar-refractivity contribution in [2.45, 2.75) is 56.9 Å². The van der Waals surface area contributed by atoms with Crippen LogP contribution in [0.25, 0.3) is 0 Å². The number of fused-ring (bicyclic) bond motifs is 1. The summed E-state index contributed by atoms with van der Waals surface area (Å²) in [6.07, 6.45) is 7.57. The fourth-order valence-corrected chi connectivity index (χ4v) is 3.73. The average Bonchev–Trinajstić information content (AvgIpc) is 2.99. The quantitative estimate of drug-likeness (QED) is 0.644. The normalized spacial score (nSPS) is 21.8. The third-order valence-corrected chi connectivity index (χ3v) is 5.42. The minimum atomic E-state index is 0.180. The smallest absolute Gasteiger partial charge is 0.231 e. The fraction of sp³-hybridized carbons (Fsp3) is 0.632. The topological polar surface area (TPSA) is 54.9 Å². The summed E-state index contributed by atoms with van der Waals surface area (Å²) in [7, 11) is 0. The van der Waals surface area contributed by atoms with E-state index in [-0.39, 0.29) is 5.41 Å². The molecule has 1 aromatic rings. The molecule has 0 saturated heterocycles. The van der Waals surface area contributed by atoms with Gasteiger partial charge in [-0.15, -0.1) is 0 Å². The summed E-state index contributed by atoms with van der Waals surface area (Å²) in [5.74, 6) is 2.70. The average molecular weight is 329 g/mol. The molecular formula is C19H27N3O2. The second-order valence-electron chi connectivity index (χ2n) is 7.17. The molecule has 3 aliphatic rings. The maximum Gasteiger partial charge on any atom is 0.231 e. The van der Waals surface area contributed by atoms with Gasteiger partial charge in [0.15, 0.2) is 17.5 Å². The molecule has 130 valence electrons. The second-order valence-corrected chi connectivity index (χ2v) is 7.17. The molecule has 0 radical (unpaired) electrons. The van der Waals surface area contributed by atoms with Gasteiger partial charge in [0.2, 0.25) is 6.79 Å². The van der Waals surface area contributed by atoms with E-state index in [4.69, 9.17) is 14.5 Å². The van der Waals surface area contributed by atoms with Gasteiger partial charge in [-0.05, 0) is 50.3 Å². The summed E-state index contributed by atoms with van der Waals surface area (Å²) >= 11 is 0. The van der Waals surface area contributed by atoms with Gasteiger partial charge in [0, 0.05) is 18.0 Å². The van der Waals surface area contributed by atoms with E-state index in [0.29, 0.717) is 12.8 Å². The number of benzene rings is 1. The van der Waals surface area contributed by atoms with Crippen molar-refractivity contribution in [1.82, 2.24) is 10.6 Å². The Morgan fingerprint density at radius 2 is 2.00 bits per heavy atom. The van der Waals surface area contributed by atoms with E-state index in [2.05, 4.69) is 29.7 Å². The van der Waals surface area contributed by atoms with Crippen molar-refractivity contribution in [3.63, 3.8) is 0 Å². The number of nitrogens with one attached hydrogen (secondary N) is 2. The molecule has 24 heavy (non-hydrogen) atoms. The van der Waals surface area contributed by atoms with Crippen molar-refractivity contribution in [2.24, 2.45) is 4.99 Å². The van der Waals surface area contributed by atoms with E-state index in [1.165, 1.54) is 44.1 Å². The highest BCUT2D eigenvalue weighted by molar-refractivity contribution is 5.80. The Morgan fingerprint density at radius 3 is 2.75 bits per heavy atom. The van der Waals surface area contributed by atoms with Gasteiger partial charge in [0.25, 0.3) is 0 Å². The van der Waals surface area contributed by atoms with E-state index in [1.54, 1.807) is 0 Å². The Morgan fingerprint density at radius 1 is 1.21 bits per heavy atom. The summed E-state index contributed by atoms with van der Waals surface area (Å²) in [6.45, 7) is 4.18. The summed E-state index contributed by atoms with van der Waals surface area (Å²) in [5.41, 5.74) is 1.51. The van der Waals surface area contributed by atoms with E-state index in [0.717, 1.165) is 30.5 Å². The zero-order chi connectivity index (χ0) is 16.4. The van der Waals surface area contributed by atoms with E-state index >= 15 is 0 Å². The number of hydrogen-bond acceptors (Lipinski definition) is 3. The molecule has 2 saturated carbocycles. The molecule has 5 heteroatoms. The Balaban J connectivity index is 1.46. The zero-order valence-corrected chi connectivity index (χ0v) is 14.4. The fourth-order valence-electron chi connectivity index (χ4n) is 3.73. The number of rotatable bonds is 5. The van der Waals surface area contributed by atoms with Crippen LogP contribution in [-0.4, -0.2) is 31.9 Å². The molecule has 0 aromatic heterocycles. The number of ether oxygens (including phenoxy) is 2. The SMILES string of the molecule is CCNC(=NCC1(c2ccc3c(c2)OCO3)CC1)NC1CCCC1. The zero-order valence-electron chi connectivity index (χ0n) is 14.4. The summed E-state index contributed by atoms with van der Waals surface area (Å²) < 4.78 is 11.0. The summed E-state index contributed by atoms with van der Waals surface area (Å²) in [6, 6.07) is 6.93. The summed E-state index contributed by atoms with van der Waals surface area (Å²) in [5, 5.41) is 7.00. The first-order chi connectivity index (χ1) is 11.8. The lowest BCUT2D eigenvalue weighted by atomic mass is 9.96. The predicted octanol–water partition coefficient (Wildman–Crippen LogP) is 2.94. The molecule has 0 unspecified atom stereocenters. The minimum Gasteiger partial charge on any atom is -0.454 e. The molecule has 5 nitrogen and oxygen atoms in total. The van der Waals surface area contributed by atoms with Gasteiger partial charge in [0.05, 0.1) is 6.54 Å². The molecule has 1 heterocycles. The molecule has 2 fully saturated rings. The highest BCUT2D eigenvalue weighted by Crippen LogP contribution is 2.50. The van der Waals surface area contributed by atoms with Gasteiger partial charge < -0.3 is 20.1 Å². The molecule has 4 rings (SSSR count). The maximum absolute atomic E-state index is 5.53. The maximum atomic E-state index is 5.53. The van der Waals surface area contributed by atoms with Gasteiger partial charge in [-0.3, -0.25) is 4.99 Å². The predicted molar refractivity (Wildman–Crippen MR) is 94.8 cm³/mol. The van der Waals surface area contributed by atoms with E-state index in [9.17, 15) is 0 Å². The Kier molecular flexibility index (Phi) is 4.25. The van der Waals surface area contributed by atoms with Gasteiger partial charge in [-0.1, -0.05) is 18.9 Å². The minimum absolute atomic E-state index is 0.180. The first-order valence-corrected chi connectivity index (χ1v) is 9.24. The van der Waals surface area contributed by atoms with Crippen LogP contribution >= 0.6 is 0 Å². The molecule has 0 amide bonds.